The highest BCUT2D eigenvalue weighted by Crippen LogP contribution is 2.77. The number of hydrogen-bond donors (Lipinski definition) is 12. The molecule has 0 aromatic carbocycles. The Balaban J connectivity index is 0.978. The van der Waals surface area contributed by atoms with Crippen LogP contribution in [0.25, 0.3) is 0 Å². The molecule has 0 aromatic rings. The summed E-state index contributed by atoms with van der Waals surface area (Å²) in [6.07, 6.45) is -19.7. The normalized spacial score (nSPS) is 54.7. The van der Waals surface area contributed by atoms with E-state index in [0.29, 0.717) is 50.5 Å². The molecule has 0 amide bonds. The van der Waals surface area contributed by atoms with Gasteiger partial charge in [0.05, 0.1) is 42.9 Å². The second-order valence-electron chi connectivity index (χ2n) is 22.7. The molecule has 20 nitrogen and oxygen atoms in total. The topological polar surface area (TPSA) is 332 Å². The zero-order chi connectivity index (χ0) is 49.8. The second-order valence-corrected chi connectivity index (χ2v) is 22.7. The van der Waals surface area contributed by atoms with Crippen molar-refractivity contribution < 1.29 is 99.3 Å². The van der Waals surface area contributed by atoms with Crippen LogP contribution in [-0.2, 0) is 38.0 Å². The van der Waals surface area contributed by atoms with E-state index in [0.717, 1.165) is 19.3 Å². The molecule has 26 atom stereocenters. The van der Waals surface area contributed by atoms with Gasteiger partial charge in [-0.05, 0) is 129 Å². The van der Waals surface area contributed by atoms with Crippen molar-refractivity contribution in [2.45, 2.75) is 197 Å². The van der Waals surface area contributed by atoms with Gasteiger partial charge in [0.25, 0.3) is 0 Å². The average molecular weight is 973 g/mol. The fourth-order valence-corrected chi connectivity index (χ4v) is 15.7. The molecule has 3 aliphatic heterocycles. The summed E-state index contributed by atoms with van der Waals surface area (Å²) in [6.45, 7) is 12.5. The minimum absolute atomic E-state index is 0.0416. The molecule has 0 bridgehead atoms. The van der Waals surface area contributed by atoms with Gasteiger partial charge in [-0.3, -0.25) is 9.59 Å². The van der Waals surface area contributed by atoms with Gasteiger partial charge in [-0.25, -0.2) is 0 Å². The van der Waals surface area contributed by atoms with E-state index in [2.05, 4.69) is 27.4 Å². The molecule has 3 heterocycles. The van der Waals surface area contributed by atoms with Crippen molar-refractivity contribution in [2.24, 2.45) is 56.7 Å². The molecule has 388 valence electrons. The van der Waals surface area contributed by atoms with Crippen LogP contribution in [-0.4, -0.2) is 191 Å². The molecule has 5 aliphatic carbocycles. The Labute approximate surface area is 396 Å². The summed E-state index contributed by atoms with van der Waals surface area (Å²) in [6, 6.07) is 0. The van der Waals surface area contributed by atoms with E-state index in [-0.39, 0.29) is 52.4 Å². The number of rotatable bonds is 11. The van der Waals surface area contributed by atoms with Gasteiger partial charge in [-0.1, -0.05) is 27.4 Å². The first-order chi connectivity index (χ1) is 31.9. The van der Waals surface area contributed by atoms with Crippen LogP contribution in [0.3, 0.4) is 0 Å². The van der Waals surface area contributed by atoms with Gasteiger partial charge >= 0.3 is 11.9 Å². The van der Waals surface area contributed by atoms with Gasteiger partial charge in [0, 0.05) is 0 Å². The molecule has 20 heteroatoms. The quantitative estimate of drug-likeness (QED) is 0.0878. The summed E-state index contributed by atoms with van der Waals surface area (Å²) in [5, 5.41) is 129. The standard InChI is InChI=1S/C48H76O20/c1-20(17-49)22-9-14-48(16-15-45(4)23(29(22)48)7-8-26-44(3)12-11-28(51)47(6,42(60)61)27(44)10-13-46(26,45)5)43(62)68-41-36(58)33(55)31(53)25(66-41)19-63-39-37(59)34(56)38(24(18-50)65-39)67-40-35(57)32(54)30(52)21(2)64-40/h21-41,49-59H,1,7-19H2,2-6H3,(H,60,61). The number of carboxylic acids is 1. The molecule has 8 fully saturated rings. The SMILES string of the molecule is C=C(CO)C1CCC2(C(=O)OC3OC(COC4OC(CO)C(OC5OC(C)C(O)C(O)C5O)C(O)C4O)C(O)C(O)C3O)CCC3(C)C(CCC4C5(C)CCC(O)C(C)(C(=O)O)C5CCC43C)C12. The third-order valence-corrected chi connectivity index (χ3v) is 19.9. The van der Waals surface area contributed by atoms with Crippen LogP contribution in [0.15, 0.2) is 12.2 Å². The fraction of sp³-hybridized carbons (Fsp3) is 0.917. The summed E-state index contributed by atoms with van der Waals surface area (Å²) < 4.78 is 34.6. The van der Waals surface area contributed by atoms with Crippen LogP contribution in [0, 0.1) is 56.7 Å². The summed E-state index contributed by atoms with van der Waals surface area (Å²) in [7, 11) is 0. The minimum atomic E-state index is -1.90. The highest BCUT2D eigenvalue weighted by molar-refractivity contribution is 5.79. The number of aliphatic hydroxyl groups excluding tert-OH is 11. The van der Waals surface area contributed by atoms with E-state index in [1.54, 1.807) is 6.92 Å². The van der Waals surface area contributed by atoms with Crippen LogP contribution in [0.2, 0.25) is 0 Å². The number of fused-ring (bicyclic) bond motifs is 7. The maximum atomic E-state index is 15.0. The van der Waals surface area contributed by atoms with E-state index in [1.165, 1.54) is 6.92 Å². The van der Waals surface area contributed by atoms with E-state index in [4.69, 9.17) is 28.4 Å². The smallest absolute Gasteiger partial charge is 0.314 e. The molecule has 5 saturated carbocycles. The Morgan fingerprint density at radius 3 is 1.96 bits per heavy atom. The van der Waals surface area contributed by atoms with Crippen molar-refractivity contribution in [1.29, 1.82) is 0 Å². The van der Waals surface area contributed by atoms with Crippen molar-refractivity contribution in [3.63, 3.8) is 0 Å². The molecule has 12 N–H and O–H groups in total. The van der Waals surface area contributed by atoms with E-state index >= 15 is 0 Å². The van der Waals surface area contributed by atoms with E-state index in [9.17, 15) is 70.9 Å². The summed E-state index contributed by atoms with van der Waals surface area (Å²) in [5.41, 5.74) is -2.73. The number of aliphatic carboxylic acids is 1. The Kier molecular flexibility index (Phi) is 14.5. The lowest BCUT2D eigenvalue weighted by Gasteiger charge is -2.72. The van der Waals surface area contributed by atoms with Crippen molar-refractivity contribution in [1.82, 2.24) is 0 Å². The van der Waals surface area contributed by atoms with Crippen molar-refractivity contribution in [3.8, 4) is 0 Å². The van der Waals surface area contributed by atoms with E-state index < -0.39 is 134 Å². The molecule has 8 rings (SSSR count). The molecular weight excluding hydrogens is 897 g/mol. The summed E-state index contributed by atoms with van der Waals surface area (Å²) in [4.78, 5) is 27.9. The Bertz CT molecular complexity index is 1870. The largest absolute Gasteiger partial charge is 0.481 e. The number of carbonyl (C=O) groups excluding carboxylic acids is 1. The Morgan fingerprint density at radius 2 is 1.29 bits per heavy atom. The number of esters is 1. The van der Waals surface area contributed by atoms with Crippen molar-refractivity contribution >= 4 is 11.9 Å². The van der Waals surface area contributed by atoms with Gasteiger partial charge in [0.1, 0.15) is 67.1 Å². The van der Waals surface area contributed by atoms with Crippen LogP contribution in [0.1, 0.15) is 98.8 Å². The van der Waals surface area contributed by atoms with Gasteiger partial charge < -0.3 is 89.7 Å². The lowest BCUT2D eigenvalue weighted by molar-refractivity contribution is -0.361. The molecule has 0 spiro atoms. The lowest BCUT2D eigenvalue weighted by atomic mass is 9.32. The minimum Gasteiger partial charge on any atom is -0.481 e. The van der Waals surface area contributed by atoms with Gasteiger partial charge in [0.15, 0.2) is 12.6 Å². The van der Waals surface area contributed by atoms with Crippen LogP contribution in [0.5, 0.6) is 0 Å². The first-order valence-electron chi connectivity index (χ1n) is 24.6. The van der Waals surface area contributed by atoms with Crippen molar-refractivity contribution in [3.05, 3.63) is 12.2 Å². The lowest BCUT2D eigenvalue weighted by Crippen LogP contribution is -2.68. The van der Waals surface area contributed by atoms with Crippen LogP contribution < -0.4 is 0 Å². The number of hydrogen-bond acceptors (Lipinski definition) is 19. The van der Waals surface area contributed by atoms with Gasteiger partial charge in [-0.2, -0.15) is 0 Å². The van der Waals surface area contributed by atoms with Gasteiger partial charge in [-0.15, -0.1) is 0 Å². The maximum absolute atomic E-state index is 15.0. The number of ether oxygens (including phenoxy) is 6. The summed E-state index contributed by atoms with van der Waals surface area (Å²) >= 11 is 0. The Morgan fingerprint density at radius 1 is 0.647 bits per heavy atom. The number of carbonyl (C=O) groups is 2. The monoisotopic (exact) mass is 972 g/mol. The Hall–Kier alpha value is -1.96. The molecule has 8 aliphatic rings. The van der Waals surface area contributed by atoms with Crippen molar-refractivity contribution in [2.75, 3.05) is 19.8 Å². The second kappa shape index (κ2) is 18.8. The predicted molar refractivity (Wildman–Crippen MR) is 232 cm³/mol. The zero-order valence-corrected chi connectivity index (χ0v) is 39.7. The molecule has 0 aromatic heterocycles. The number of aliphatic hydroxyl groups is 11. The first kappa shape index (κ1) is 52.4. The average Bonchev–Trinajstić information content (AvgIpc) is 3.71. The summed E-state index contributed by atoms with van der Waals surface area (Å²) in [5.74, 6) is -2.34. The van der Waals surface area contributed by atoms with Crippen LogP contribution >= 0.6 is 0 Å². The fourth-order valence-electron chi connectivity index (χ4n) is 15.7. The molecular formula is C48H76O20. The first-order valence-corrected chi connectivity index (χ1v) is 24.6. The van der Waals surface area contributed by atoms with Gasteiger partial charge in [0.2, 0.25) is 6.29 Å². The predicted octanol–water partition coefficient (Wildman–Crippen LogP) is -0.939. The molecule has 0 radical (unpaired) electrons. The third kappa shape index (κ3) is 7.85. The maximum Gasteiger partial charge on any atom is 0.314 e. The highest BCUT2D eigenvalue weighted by atomic mass is 16.8. The highest BCUT2D eigenvalue weighted by Gasteiger charge is 2.73. The van der Waals surface area contributed by atoms with Crippen LogP contribution in [0.4, 0.5) is 0 Å². The molecule has 68 heavy (non-hydrogen) atoms. The third-order valence-electron chi connectivity index (χ3n) is 19.9. The number of carboxylic acid groups (broad SMARTS) is 1. The van der Waals surface area contributed by atoms with E-state index in [1.807, 2.05) is 0 Å². The zero-order valence-electron chi connectivity index (χ0n) is 39.7. The molecule has 26 unspecified atom stereocenters. The molecule has 3 saturated heterocycles.